The summed E-state index contributed by atoms with van der Waals surface area (Å²) in [6.45, 7) is -0.364. The Hall–Kier alpha value is -2.77. The first-order chi connectivity index (χ1) is 12.5. The first-order valence-corrected chi connectivity index (χ1v) is 8.91. The number of amides is 3. The molecule has 2 aliphatic rings. The molecule has 0 unspecified atom stereocenters. The van der Waals surface area contributed by atoms with Gasteiger partial charge in [-0.3, -0.25) is 29.4 Å². The highest BCUT2D eigenvalue weighted by Crippen LogP contribution is 2.26. The Bertz CT molecular complexity index is 753. The highest BCUT2D eigenvalue weighted by molar-refractivity contribution is 6.22. The number of nitrogens with zero attached hydrogens (tertiary/aromatic N) is 2. The molecular weight excluding hydrogens is 338 g/mol. The molecule has 0 bridgehead atoms. The Balaban J connectivity index is 1.66. The SMILES string of the molecule is O=C(CN1C(=O)c2ccc([N+](=O)[O-])cc2C1=O)NC1CCCCCCC1. The van der Waals surface area contributed by atoms with E-state index in [-0.39, 0.29) is 35.3 Å². The molecule has 1 saturated carbocycles. The van der Waals surface area contributed by atoms with E-state index in [1.165, 1.54) is 18.6 Å². The fourth-order valence-corrected chi connectivity index (χ4v) is 3.55. The van der Waals surface area contributed by atoms with E-state index in [9.17, 15) is 24.5 Å². The minimum atomic E-state index is -0.665. The fraction of sp³-hybridized carbons (Fsp3) is 0.500. The van der Waals surface area contributed by atoms with Crippen molar-refractivity contribution in [2.75, 3.05) is 6.54 Å². The third kappa shape index (κ3) is 3.74. The van der Waals surface area contributed by atoms with E-state index in [1.807, 2.05) is 0 Å². The molecule has 0 atom stereocenters. The first kappa shape index (κ1) is 18.0. The van der Waals surface area contributed by atoms with Crippen LogP contribution in [0.25, 0.3) is 0 Å². The fourth-order valence-electron chi connectivity index (χ4n) is 3.55. The van der Waals surface area contributed by atoms with Gasteiger partial charge in [0.25, 0.3) is 17.5 Å². The van der Waals surface area contributed by atoms with Crippen LogP contribution >= 0.6 is 0 Å². The minimum absolute atomic E-state index is 0.0250. The molecule has 138 valence electrons. The van der Waals surface area contributed by atoms with Crippen LogP contribution in [0.3, 0.4) is 0 Å². The van der Waals surface area contributed by atoms with E-state index >= 15 is 0 Å². The summed E-state index contributed by atoms with van der Waals surface area (Å²) in [5.74, 6) is -1.63. The second-order valence-electron chi connectivity index (χ2n) is 6.79. The van der Waals surface area contributed by atoms with Crippen LogP contribution in [-0.2, 0) is 4.79 Å². The maximum absolute atomic E-state index is 12.4. The maximum Gasteiger partial charge on any atom is 0.270 e. The second kappa shape index (κ2) is 7.63. The van der Waals surface area contributed by atoms with Gasteiger partial charge in [-0.2, -0.15) is 0 Å². The Kier molecular flexibility index (Phi) is 5.29. The van der Waals surface area contributed by atoms with Gasteiger partial charge in [-0.25, -0.2) is 0 Å². The van der Waals surface area contributed by atoms with Crippen molar-refractivity contribution in [3.63, 3.8) is 0 Å². The van der Waals surface area contributed by atoms with E-state index in [4.69, 9.17) is 0 Å². The lowest BCUT2D eigenvalue weighted by molar-refractivity contribution is -0.384. The zero-order valence-corrected chi connectivity index (χ0v) is 14.4. The topological polar surface area (TPSA) is 110 Å². The van der Waals surface area contributed by atoms with Crippen molar-refractivity contribution >= 4 is 23.4 Å². The number of hydrogen-bond acceptors (Lipinski definition) is 5. The molecule has 1 heterocycles. The summed E-state index contributed by atoms with van der Waals surface area (Å²) < 4.78 is 0. The molecule has 1 fully saturated rings. The van der Waals surface area contributed by atoms with Crippen LogP contribution in [0, 0.1) is 10.1 Å². The Morgan fingerprint density at radius 2 is 1.69 bits per heavy atom. The van der Waals surface area contributed by atoms with Gasteiger partial charge in [0, 0.05) is 18.2 Å². The summed E-state index contributed by atoms with van der Waals surface area (Å²) >= 11 is 0. The van der Waals surface area contributed by atoms with Crippen LogP contribution in [-0.4, -0.2) is 40.1 Å². The van der Waals surface area contributed by atoms with Crippen molar-refractivity contribution in [2.24, 2.45) is 0 Å². The molecule has 0 radical (unpaired) electrons. The van der Waals surface area contributed by atoms with Crippen LogP contribution in [0.5, 0.6) is 0 Å². The molecule has 8 heteroatoms. The summed E-state index contributed by atoms with van der Waals surface area (Å²) in [7, 11) is 0. The molecule has 0 spiro atoms. The van der Waals surface area contributed by atoms with Crippen LogP contribution in [0.4, 0.5) is 5.69 Å². The number of hydrogen-bond donors (Lipinski definition) is 1. The number of imide groups is 1. The summed E-state index contributed by atoms with van der Waals surface area (Å²) in [5.41, 5.74) is -0.187. The van der Waals surface area contributed by atoms with Gasteiger partial charge in [-0.15, -0.1) is 0 Å². The average molecular weight is 359 g/mol. The Morgan fingerprint density at radius 1 is 1.08 bits per heavy atom. The minimum Gasteiger partial charge on any atom is -0.352 e. The monoisotopic (exact) mass is 359 g/mol. The van der Waals surface area contributed by atoms with Crippen molar-refractivity contribution < 1.29 is 19.3 Å². The molecule has 3 rings (SSSR count). The molecule has 1 N–H and O–H groups in total. The van der Waals surface area contributed by atoms with E-state index < -0.39 is 16.7 Å². The number of nitro groups is 1. The predicted octanol–water partition coefficient (Wildman–Crippen LogP) is 2.42. The number of fused-ring (bicyclic) bond motifs is 1. The van der Waals surface area contributed by atoms with Gasteiger partial charge in [-0.05, 0) is 18.9 Å². The molecular formula is C18H21N3O5. The predicted molar refractivity (Wildman–Crippen MR) is 92.7 cm³/mol. The van der Waals surface area contributed by atoms with Gasteiger partial charge in [0.15, 0.2) is 0 Å². The number of non-ortho nitro benzene ring substituents is 1. The number of nitrogens with one attached hydrogen (secondary N) is 1. The van der Waals surface area contributed by atoms with E-state index in [2.05, 4.69) is 5.32 Å². The molecule has 1 aliphatic heterocycles. The molecule has 3 amide bonds. The summed E-state index contributed by atoms with van der Waals surface area (Å²) in [5, 5.41) is 13.8. The zero-order chi connectivity index (χ0) is 18.7. The van der Waals surface area contributed by atoms with Crippen molar-refractivity contribution in [1.29, 1.82) is 0 Å². The van der Waals surface area contributed by atoms with Gasteiger partial charge in [0.05, 0.1) is 16.1 Å². The van der Waals surface area contributed by atoms with Crippen molar-refractivity contribution in [1.82, 2.24) is 10.2 Å². The maximum atomic E-state index is 12.4. The summed E-state index contributed by atoms with van der Waals surface area (Å²) in [6, 6.07) is 3.60. The number of carbonyl (C=O) groups is 3. The molecule has 26 heavy (non-hydrogen) atoms. The van der Waals surface area contributed by atoms with Crippen LogP contribution in [0.15, 0.2) is 18.2 Å². The van der Waals surface area contributed by atoms with Gasteiger partial charge in [0.1, 0.15) is 6.54 Å². The van der Waals surface area contributed by atoms with Gasteiger partial charge >= 0.3 is 0 Å². The highest BCUT2D eigenvalue weighted by Gasteiger charge is 2.38. The molecule has 8 nitrogen and oxygen atoms in total. The molecule has 0 saturated heterocycles. The standard InChI is InChI=1S/C18H21N3O5/c22-16(19-12-6-4-2-1-3-5-7-12)11-20-17(23)14-9-8-13(21(25)26)10-15(14)18(20)24/h8-10,12H,1-7,11H2,(H,19,22). The number of benzene rings is 1. The second-order valence-corrected chi connectivity index (χ2v) is 6.79. The van der Waals surface area contributed by atoms with E-state index in [1.54, 1.807) is 0 Å². The molecule has 1 aromatic rings. The summed E-state index contributed by atoms with van der Waals surface area (Å²) in [6.07, 6.45) is 7.46. The number of carbonyl (C=O) groups excluding carboxylic acids is 3. The third-order valence-corrected chi connectivity index (χ3v) is 4.94. The number of nitro benzene ring substituents is 1. The van der Waals surface area contributed by atoms with Crippen LogP contribution < -0.4 is 5.32 Å². The van der Waals surface area contributed by atoms with Crippen LogP contribution in [0.2, 0.25) is 0 Å². The Morgan fingerprint density at radius 3 is 2.35 bits per heavy atom. The van der Waals surface area contributed by atoms with Crippen LogP contribution in [0.1, 0.15) is 65.7 Å². The lowest BCUT2D eigenvalue weighted by atomic mass is 9.97. The van der Waals surface area contributed by atoms with Gasteiger partial charge in [-0.1, -0.05) is 32.1 Å². The van der Waals surface area contributed by atoms with Crippen molar-refractivity contribution in [3.8, 4) is 0 Å². The van der Waals surface area contributed by atoms with E-state index in [0.29, 0.717) is 0 Å². The quantitative estimate of drug-likeness (QED) is 0.504. The van der Waals surface area contributed by atoms with Crippen molar-refractivity contribution in [3.05, 3.63) is 39.4 Å². The van der Waals surface area contributed by atoms with Gasteiger partial charge in [0.2, 0.25) is 5.91 Å². The lowest BCUT2D eigenvalue weighted by Gasteiger charge is -2.22. The van der Waals surface area contributed by atoms with E-state index in [0.717, 1.165) is 49.5 Å². The zero-order valence-electron chi connectivity index (χ0n) is 14.4. The Labute approximate surface area is 150 Å². The van der Waals surface area contributed by atoms with Crippen molar-refractivity contribution in [2.45, 2.75) is 51.0 Å². The molecule has 0 aromatic heterocycles. The normalized spacial score (nSPS) is 18.2. The summed E-state index contributed by atoms with van der Waals surface area (Å²) in [4.78, 5) is 48.2. The lowest BCUT2D eigenvalue weighted by Crippen LogP contribution is -2.44. The largest absolute Gasteiger partial charge is 0.352 e. The van der Waals surface area contributed by atoms with Gasteiger partial charge < -0.3 is 5.32 Å². The highest BCUT2D eigenvalue weighted by atomic mass is 16.6. The third-order valence-electron chi connectivity index (χ3n) is 4.94. The smallest absolute Gasteiger partial charge is 0.270 e. The number of rotatable bonds is 4. The average Bonchev–Trinajstić information content (AvgIpc) is 2.81. The molecule has 1 aromatic carbocycles. The molecule has 1 aliphatic carbocycles. The first-order valence-electron chi connectivity index (χ1n) is 8.91.